The number of anilines is 1. The normalized spacial score (nSPS) is 21.6. The molecule has 7 nitrogen and oxygen atoms in total. The summed E-state index contributed by atoms with van der Waals surface area (Å²) in [6, 6.07) is 10.4. The zero-order valence-corrected chi connectivity index (χ0v) is 19.9. The lowest BCUT2D eigenvalue weighted by Crippen LogP contribution is -2.34. The van der Waals surface area contributed by atoms with Gasteiger partial charge in [0.15, 0.2) is 0 Å². The van der Waals surface area contributed by atoms with Gasteiger partial charge in [-0.25, -0.2) is 9.97 Å². The van der Waals surface area contributed by atoms with E-state index in [1.807, 2.05) is 26.4 Å². The quantitative estimate of drug-likeness (QED) is 0.649. The van der Waals surface area contributed by atoms with Crippen LogP contribution in [0.3, 0.4) is 0 Å². The van der Waals surface area contributed by atoms with Crippen molar-refractivity contribution in [3.8, 4) is 0 Å². The van der Waals surface area contributed by atoms with Crippen LogP contribution < -0.4 is 4.90 Å². The molecule has 2 fully saturated rings. The van der Waals surface area contributed by atoms with Gasteiger partial charge in [-0.2, -0.15) is 0 Å². The minimum Gasteiger partial charge on any atom is -0.357 e. The fraction of sp³-hybridized carbons (Fsp3) is 0.500. The highest BCUT2D eigenvalue weighted by molar-refractivity contribution is 5.84. The number of benzene rings is 1. The van der Waals surface area contributed by atoms with Crippen molar-refractivity contribution in [3.63, 3.8) is 0 Å². The summed E-state index contributed by atoms with van der Waals surface area (Å²) < 4.78 is 0. The van der Waals surface area contributed by atoms with Crippen molar-refractivity contribution in [2.45, 2.75) is 38.6 Å². The van der Waals surface area contributed by atoms with E-state index in [1.165, 1.54) is 41.4 Å². The average Bonchev–Trinajstić information content (AvgIpc) is 3.40. The minimum atomic E-state index is -0.103. The summed E-state index contributed by atoms with van der Waals surface area (Å²) >= 11 is 0. The Morgan fingerprint density at radius 2 is 1.91 bits per heavy atom. The number of likely N-dealkylation sites (tertiary alicyclic amines) is 1. The van der Waals surface area contributed by atoms with E-state index >= 15 is 0 Å². The zero-order chi connectivity index (χ0) is 22.9. The van der Waals surface area contributed by atoms with Crippen LogP contribution in [0.2, 0.25) is 0 Å². The molecular formula is C26H34N6O. The lowest BCUT2D eigenvalue weighted by atomic mass is 9.91. The Labute approximate surface area is 195 Å². The SMILES string of the molecule is Cc1c(CN2C[C@H](C(=O)N(C)C)[C@@H](c3ccnc(N4CCCCC4)n3)C2)[nH]c2ccccc12. The number of aromatic amines is 1. The second-order valence-electron chi connectivity index (χ2n) is 9.74. The van der Waals surface area contributed by atoms with Crippen LogP contribution in [0.25, 0.3) is 10.9 Å². The summed E-state index contributed by atoms with van der Waals surface area (Å²) in [6.07, 6.45) is 5.53. The van der Waals surface area contributed by atoms with Crippen molar-refractivity contribution in [1.82, 2.24) is 24.8 Å². The van der Waals surface area contributed by atoms with Crippen molar-refractivity contribution in [2.75, 3.05) is 45.2 Å². The first-order chi connectivity index (χ1) is 16.0. The van der Waals surface area contributed by atoms with Crippen LogP contribution in [-0.4, -0.2) is 70.9 Å². The third-order valence-corrected chi connectivity index (χ3v) is 7.29. The van der Waals surface area contributed by atoms with E-state index in [0.29, 0.717) is 0 Å². The average molecular weight is 447 g/mol. The van der Waals surface area contributed by atoms with E-state index in [1.54, 1.807) is 4.90 Å². The Morgan fingerprint density at radius 1 is 1.12 bits per heavy atom. The van der Waals surface area contributed by atoms with E-state index in [-0.39, 0.29) is 17.7 Å². The Hall–Kier alpha value is -2.93. The second-order valence-corrected chi connectivity index (χ2v) is 9.74. The van der Waals surface area contributed by atoms with Gasteiger partial charge in [0.05, 0.1) is 11.6 Å². The number of carbonyl (C=O) groups is 1. The number of nitrogens with zero attached hydrogens (tertiary/aromatic N) is 5. The largest absolute Gasteiger partial charge is 0.357 e. The molecule has 0 saturated carbocycles. The summed E-state index contributed by atoms with van der Waals surface area (Å²) in [5, 5.41) is 1.27. The molecule has 0 unspecified atom stereocenters. The van der Waals surface area contributed by atoms with Gasteiger partial charge in [0.1, 0.15) is 0 Å². The molecule has 2 aliphatic heterocycles. The van der Waals surface area contributed by atoms with Crippen molar-refractivity contribution >= 4 is 22.8 Å². The molecule has 0 radical (unpaired) electrons. The summed E-state index contributed by atoms with van der Waals surface area (Å²) in [4.78, 5) is 32.7. The molecule has 7 heteroatoms. The van der Waals surface area contributed by atoms with Gasteiger partial charge in [-0.3, -0.25) is 9.69 Å². The monoisotopic (exact) mass is 446 g/mol. The number of nitrogens with one attached hydrogen (secondary N) is 1. The van der Waals surface area contributed by atoms with Gasteiger partial charge in [0.25, 0.3) is 0 Å². The van der Waals surface area contributed by atoms with Crippen molar-refractivity contribution in [2.24, 2.45) is 5.92 Å². The van der Waals surface area contributed by atoms with E-state index in [2.05, 4.69) is 51.0 Å². The number of para-hydroxylation sites is 1. The predicted molar refractivity (Wildman–Crippen MR) is 131 cm³/mol. The zero-order valence-electron chi connectivity index (χ0n) is 19.9. The molecule has 1 aromatic carbocycles. The molecule has 3 aromatic rings. The molecule has 5 rings (SSSR count). The molecule has 174 valence electrons. The standard InChI is InChI=1S/C26H34N6O/c1-18-19-9-5-6-10-22(19)28-24(18)17-31-15-20(21(16-31)25(33)30(2)3)23-11-12-27-26(29-23)32-13-7-4-8-14-32/h5-6,9-12,20-21,28H,4,7-8,13-17H2,1-3H3/t20-,21-/m0/s1. The molecule has 1 amide bonds. The first-order valence-corrected chi connectivity index (χ1v) is 12.1. The summed E-state index contributed by atoms with van der Waals surface area (Å²) in [5.74, 6) is 0.951. The van der Waals surface area contributed by atoms with Gasteiger partial charge in [-0.15, -0.1) is 0 Å². The second kappa shape index (κ2) is 9.14. The Morgan fingerprint density at radius 3 is 2.67 bits per heavy atom. The smallest absolute Gasteiger partial charge is 0.227 e. The predicted octanol–water partition coefficient (Wildman–Crippen LogP) is 3.56. The lowest BCUT2D eigenvalue weighted by molar-refractivity contribution is -0.133. The third kappa shape index (κ3) is 4.34. The number of amides is 1. The lowest BCUT2D eigenvalue weighted by Gasteiger charge is -2.27. The molecule has 2 aromatic heterocycles. The maximum Gasteiger partial charge on any atom is 0.227 e. The number of aryl methyl sites for hydroxylation is 1. The van der Waals surface area contributed by atoms with Crippen molar-refractivity contribution in [1.29, 1.82) is 0 Å². The van der Waals surface area contributed by atoms with Crippen LogP contribution >= 0.6 is 0 Å². The van der Waals surface area contributed by atoms with Crippen LogP contribution in [0, 0.1) is 12.8 Å². The van der Waals surface area contributed by atoms with Crippen molar-refractivity contribution in [3.05, 3.63) is 53.5 Å². The number of carbonyl (C=O) groups excluding carboxylic acids is 1. The number of hydrogen-bond donors (Lipinski definition) is 1. The highest BCUT2D eigenvalue weighted by Gasteiger charge is 2.40. The van der Waals surface area contributed by atoms with Gasteiger partial charge in [-0.1, -0.05) is 18.2 Å². The molecule has 2 atom stereocenters. The molecule has 0 aliphatic carbocycles. The van der Waals surface area contributed by atoms with Crippen LogP contribution in [0.4, 0.5) is 5.95 Å². The van der Waals surface area contributed by atoms with E-state index < -0.39 is 0 Å². The number of fused-ring (bicyclic) bond motifs is 1. The number of piperidine rings is 1. The maximum absolute atomic E-state index is 13.2. The van der Waals surface area contributed by atoms with Crippen LogP contribution in [0.5, 0.6) is 0 Å². The first kappa shape index (κ1) is 21.9. The topological polar surface area (TPSA) is 68.4 Å². The molecule has 2 aliphatic rings. The number of aromatic nitrogens is 3. The molecule has 33 heavy (non-hydrogen) atoms. The number of rotatable bonds is 5. The highest BCUT2D eigenvalue weighted by atomic mass is 16.2. The van der Waals surface area contributed by atoms with Gasteiger partial charge in [0.2, 0.25) is 11.9 Å². The summed E-state index contributed by atoms with van der Waals surface area (Å²) in [5.41, 5.74) is 4.67. The van der Waals surface area contributed by atoms with Gasteiger partial charge < -0.3 is 14.8 Å². The van der Waals surface area contributed by atoms with E-state index in [4.69, 9.17) is 4.98 Å². The number of H-pyrrole nitrogens is 1. The molecule has 1 N–H and O–H groups in total. The van der Waals surface area contributed by atoms with E-state index in [0.717, 1.165) is 44.4 Å². The summed E-state index contributed by atoms with van der Waals surface area (Å²) in [6.45, 7) is 6.56. The first-order valence-electron chi connectivity index (χ1n) is 12.1. The molecular weight excluding hydrogens is 412 g/mol. The fourth-order valence-electron chi connectivity index (χ4n) is 5.43. The Kier molecular flexibility index (Phi) is 6.06. The van der Waals surface area contributed by atoms with Gasteiger partial charge >= 0.3 is 0 Å². The Bertz CT molecular complexity index is 1130. The highest BCUT2D eigenvalue weighted by Crippen LogP contribution is 2.35. The van der Waals surface area contributed by atoms with Gasteiger partial charge in [-0.05, 0) is 43.9 Å². The van der Waals surface area contributed by atoms with Crippen LogP contribution in [0.1, 0.15) is 42.1 Å². The van der Waals surface area contributed by atoms with Gasteiger partial charge in [0, 0.05) is 75.5 Å². The minimum absolute atomic E-state index is 0.0659. The van der Waals surface area contributed by atoms with Crippen LogP contribution in [0.15, 0.2) is 36.5 Å². The molecule has 2 saturated heterocycles. The van der Waals surface area contributed by atoms with Crippen molar-refractivity contribution < 1.29 is 4.79 Å². The molecule has 0 bridgehead atoms. The maximum atomic E-state index is 13.2. The third-order valence-electron chi connectivity index (χ3n) is 7.29. The molecule has 0 spiro atoms. The molecule has 4 heterocycles. The summed E-state index contributed by atoms with van der Waals surface area (Å²) in [7, 11) is 3.70. The fourth-order valence-corrected chi connectivity index (χ4v) is 5.43. The number of hydrogen-bond acceptors (Lipinski definition) is 5. The Balaban J connectivity index is 1.41. The van der Waals surface area contributed by atoms with E-state index in [9.17, 15) is 4.79 Å². The van der Waals surface area contributed by atoms with Crippen LogP contribution in [-0.2, 0) is 11.3 Å².